The van der Waals surface area contributed by atoms with Crippen LogP contribution in [0.15, 0.2) is 0 Å². The van der Waals surface area contributed by atoms with E-state index in [9.17, 15) is 4.79 Å². The summed E-state index contributed by atoms with van der Waals surface area (Å²) in [4.78, 5) is 13.6. The molecule has 2 aliphatic rings. The highest BCUT2D eigenvalue weighted by atomic mass is 16.5. The Morgan fingerprint density at radius 1 is 1.53 bits per heavy atom. The molecule has 0 aromatic rings. The third kappa shape index (κ3) is 2.14. The quantitative estimate of drug-likeness (QED) is 0.600. The Balaban J connectivity index is 1.93. The van der Waals surface area contributed by atoms with Gasteiger partial charge in [0.1, 0.15) is 11.8 Å². The van der Waals surface area contributed by atoms with Crippen molar-refractivity contribution in [2.24, 2.45) is 0 Å². The molecule has 2 fully saturated rings. The number of likely N-dealkylation sites (tertiary alicyclic amines) is 1. The van der Waals surface area contributed by atoms with Crippen molar-refractivity contribution in [2.75, 3.05) is 33.9 Å². The van der Waals surface area contributed by atoms with Gasteiger partial charge in [0.25, 0.3) is 0 Å². The van der Waals surface area contributed by atoms with Crippen LogP contribution in [-0.4, -0.2) is 56.5 Å². The predicted octanol–water partition coefficient (Wildman–Crippen LogP) is -0.430. The topological polar surface area (TPSA) is 50.8 Å². The van der Waals surface area contributed by atoms with E-state index < -0.39 is 0 Å². The summed E-state index contributed by atoms with van der Waals surface area (Å²) < 4.78 is 10.4. The Kier molecular flexibility index (Phi) is 2.95. The number of rotatable bonds is 1. The SMILES string of the molecule is COC(=O)C1COC2(CCN(C)CC2)N1. The fraction of sp³-hybridized carbons (Fsp3) is 0.900. The molecule has 1 N–H and O–H groups in total. The fourth-order valence-corrected chi connectivity index (χ4v) is 2.18. The standard InChI is InChI=1S/C10H18N2O3/c1-12-5-3-10(4-6-12)11-8(7-15-10)9(13)14-2/h8,11H,3-7H2,1-2H3. The van der Waals surface area contributed by atoms with Crippen LogP contribution in [0.2, 0.25) is 0 Å². The Hall–Kier alpha value is -0.650. The summed E-state index contributed by atoms with van der Waals surface area (Å²) in [6.45, 7) is 2.43. The lowest BCUT2D eigenvalue weighted by Crippen LogP contribution is -2.53. The minimum Gasteiger partial charge on any atom is -0.468 e. The van der Waals surface area contributed by atoms with Gasteiger partial charge in [-0.05, 0) is 7.05 Å². The monoisotopic (exact) mass is 214 g/mol. The van der Waals surface area contributed by atoms with Gasteiger partial charge in [0.15, 0.2) is 0 Å². The lowest BCUT2D eigenvalue weighted by atomic mass is 10.0. The molecule has 2 aliphatic heterocycles. The smallest absolute Gasteiger partial charge is 0.325 e. The van der Waals surface area contributed by atoms with Crippen LogP contribution in [0, 0.1) is 0 Å². The number of hydrogen-bond donors (Lipinski definition) is 1. The molecule has 5 nitrogen and oxygen atoms in total. The van der Waals surface area contributed by atoms with Gasteiger partial charge in [0.2, 0.25) is 0 Å². The summed E-state index contributed by atoms with van der Waals surface area (Å²) in [5.74, 6) is -0.231. The van der Waals surface area contributed by atoms with E-state index in [0.29, 0.717) is 6.61 Å². The number of hydrogen-bond acceptors (Lipinski definition) is 5. The van der Waals surface area contributed by atoms with Crippen LogP contribution in [0.3, 0.4) is 0 Å². The molecule has 5 heteroatoms. The van der Waals surface area contributed by atoms with Crippen LogP contribution >= 0.6 is 0 Å². The molecular weight excluding hydrogens is 196 g/mol. The molecule has 86 valence electrons. The largest absolute Gasteiger partial charge is 0.468 e. The van der Waals surface area contributed by atoms with Crippen molar-refractivity contribution in [2.45, 2.75) is 24.6 Å². The Bertz CT molecular complexity index is 249. The van der Waals surface area contributed by atoms with E-state index in [1.54, 1.807) is 0 Å². The van der Waals surface area contributed by atoms with Crippen LogP contribution < -0.4 is 5.32 Å². The van der Waals surface area contributed by atoms with Crippen LogP contribution in [0.4, 0.5) is 0 Å². The number of carbonyl (C=O) groups excluding carboxylic acids is 1. The van der Waals surface area contributed by atoms with Gasteiger partial charge in [-0.2, -0.15) is 0 Å². The second-order valence-corrected chi connectivity index (χ2v) is 4.33. The summed E-state index contributed by atoms with van der Waals surface area (Å²) in [6, 6.07) is -0.293. The van der Waals surface area contributed by atoms with Gasteiger partial charge in [-0.15, -0.1) is 0 Å². The summed E-state index contributed by atoms with van der Waals surface area (Å²) in [5.41, 5.74) is -0.286. The van der Waals surface area contributed by atoms with Gasteiger partial charge in [0.05, 0.1) is 13.7 Å². The van der Waals surface area contributed by atoms with Gasteiger partial charge >= 0.3 is 5.97 Å². The van der Waals surface area contributed by atoms with Crippen molar-refractivity contribution in [3.8, 4) is 0 Å². The van der Waals surface area contributed by atoms with Gasteiger partial charge in [-0.1, -0.05) is 0 Å². The molecule has 2 rings (SSSR count). The molecule has 2 saturated heterocycles. The molecule has 0 saturated carbocycles. The van der Waals surface area contributed by atoms with Crippen LogP contribution in [0.5, 0.6) is 0 Å². The maximum Gasteiger partial charge on any atom is 0.325 e. The number of piperidine rings is 1. The molecule has 0 bridgehead atoms. The van der Waals surface area contributed by atoms with Crippen molar-refractivity contribution in [3.05, 3.63) is 0 Å². The third-order valence-electron chi connectivity index (χ3n) is 3.24. The molecule has 0 radical (unpaired) electrons. The van der Waals surface area contributed by atoms with Crippen molar-refractivity contribution in [3.63, 3.8) is 0 Å². The van der Waals surface area contributed by atoms with E-state index in [1.807, 2.05) is 0 Å². The highest BCUT2D eigenvalue weighted by molar-refractivity contribution is 5.76. The average molecular weight is 214 g/mol. The highest BCUT2D eigenvalue weighted by Crippen LogP contribution is 2.28. The minimum absolute atomic E-state index is 0.231. The Morgan fingerprint density at radius 3 is 2.80 bits per heavy atom. The number of nitrogens with one attached hydrogen (secondary N) is 1. The van der Waals surface area contributed by atoms with Crippen LogP contribution in [0.25, 0.3) is 0 Å². The zero-order valence-corrected chi connectivity index (χ0v) is 9.28. The second kappa shape index (κ2) is 4.08. The molecule has 0 aliphatic carbocycles. The van der Waals surface area contributed by atoms with Crippen LogP contribution in [-0.2, 0) is 14.3 Å². The van der Waals surface area contributed by atoms with Crippen molar-refractivity contribution < 1.29 is 14.3 Å². The van der Waals surface area contributed by atoms with Gasteiger partial charge in [-0.3, -0.25) is 10.1 Å². The molecule has 2 heterocycles. The molecule has 0 amide bonds. The number of nitrogens with zero attached hydrogens (tertiary/aromatic N) is 1. The van der Waals surface area contributed by atoms with Crippen molar-refractivity contribution in [1.82, 2.24) is 10.2 Å². The van der Waals surface area contributed by atoms with Gasteiger partial charge < -0.3 is 14.4 Å². The van der Waals surface area contributed by atoms with E-state index in [4.69, 9.17) is 9.47 Å². The maximum atomic E-state index is 11.3. The van der Waals surface area contributed by atoms with E-state index in [-0.39, 0.29) is 17.7 Å². The number of esters is 1. The first-order chi connectivity index (χ1) is 7.15. The normalized spacial score (nSPS) is 30.7. The molecule has 1 spiro atoms. The van der Waals surface area contributed by atoms with Gasteiger partial charge in [-0.25, -0.2) is 0 Å². The fourth-order valence-electron chi connectivity index (χ4n) is 2.18. The van der Waals surface area contributed by atoms with Crippen molar-refractivity contribution in [1.29, 1.82) is 0 Å². The third-order valence-corrected chi connectivity index (χ3v) is 3.24. The minimum atomic E-state index is -0.293. The summed E-state index contributed by atoms with van der Waals surface area (Å²) in [6.07, 6.45) is 1.86. The van der Waals surface area contributed by atoms with Gasteiger partial charge in [0, 0.05) is 25.9 Å². The lowest BCUT2D eigenvalue weighted by Gasteiger charge is -2.37. The molecule has 0 aromatic heterocycles. The van der Waals surface area contributed by atoms with E-state index in [0.717, 1.165) is 25.9 Å². The van der Waals surface area contributed by atoms with Crippen LogP contribution in [0.1, 0.15) is 12.8 Å². The molecular formula is C10H18N2O3. The summed E-state index contributed by atoms with van der Waals surface area (Å²) in [7, 11) is 3.50. The van der Waals surface area contributed by atoms with E-state index in [1.165, 1.54) is 7.11 Å². The first-order valence-electron chi connectivity index (χ1n) is 5.33. The number of ether oxygens (including phenoxy) is 2. The molecule has 1 unspecified atom stereocenters. The zero-order chi connectivity index (χ0) is 10.9. The molecule has 1 atom stereocenters. The average Bonchev–Trinajstić information content (AvgIpc) is 2.66. The zero-order valence-electron chi connectivity index (χ0n) is 9.28. The van der Waals surface area contributed by atoms with E-state index in [2.05, 4.69) is 17.3 Å². The highest BCUT2D eigenvalue weighted by Gasteiger charge is 2.44. The van der Waals surface area contributed by atoms with E-state index >= 15 is 0 Å². The number of carbonyl (C=O) groups is 1. The summed E-state index contributed by atoms with van der Waals surface area (Å²) >= 11 is 0. The Morgan fingerprint density at radius 2 is 2.20 bits per heavy atom. The maximum absolute atomic E-state index is 11.3. The summed E-state index contributed by atoms with van der Waals surface area (Å²) in [5, 5.41) is 3.25. The Labute approximate surface area is 89.7 Å². The molecule has 0 aromatic carbocycles. The lowest BCUT2D eigenvalue weighted by molar-refractivity contribution is -0.142. The second-order valence-electron chi connectivity index (χ2n) is 4.33. The molecule has 15 heavy (non-hydrogen) atoms. The first kappa shape index (κ1) is 10.9. The van der Waals surface area contributed by atoms with Crippen molar-refractivity contribution >= 4 is 5.97 Å². The predicted molar refractivity (Wildman–Crippen MR) is 54.4 cm³/mol. The first-order valence-corrected chi connectivity index (χ1v) is 5.33. The number of methoxy groups -OCH3 is 1.